The van der Waals surface area contributed by atoms with E-state index in [9.17, 15) is 4.79 Å². The minimum absolute atomic E-state index is 0.0986. The van der Waals surface area contributed by atoms with Gasteiger partial charge in [-0.05, 0) is 42.8 Å². The van der Waals surface area contributed by atoms with Crippen LogP contribution in [0.15, 0.2) is 72.3 Å². The smallest absolute Gasteiger partial charge is 0.214 e. The second kappa shape index (κ2) is 8.31. The summed E-state index contributed by atoms with van der Waals surface area (Å²) in [6.45, 7) is 0.848. The molecule has 1 aromatic heterocycles. The van der Waals surface area contributed by atoms with Gasteiger partial charge in [-0.3, -0.25) is 4.79 Å². The Balaban J connectivity index is 1.83. The molecular formula is C21H20N4O2S. The Morgan fingerprint density at radius 2 is 1.89 bits per heavy atom. The Morgan fingerprint density at radius 3 is 2.57 bits per heavy atom. The number of carbonyl (C=O) groups is 1. The van der Waals surface area contributed by atoms with Gasteiger partial charge in [-0.1, -0.05) is 18.2 Å². The highest BCUT2D eigenvalue weighted by Crippen LogP contribution is 2.36. The molecular weight excluding hydrogens is 372 g/mol. The van der Waals surface area contributed by atoms with Crippen LogP contribution in [0.25, 0.3) is 5.70 Å². The van der Waals surface area contributed by atoms with E-state index in [1.165, 1.54) is 6.33 Å². The van der Waals surface area contributed by atoms with E-state index in [1.54, 1.807) is 54.1 Å². The minimum Gasteiger partial charge on any atom is -0.497 e. The Kier molecular flexibility index (Phi) is 5.43. The third-order valence-electron chi connectivity index (χ3n) is 4.50. The van der Waals surface area contributed by atoms with Gasteiger partial charge >= 0.3 is 0 Å². The fourth-order valence-corrected chi connectivity index (χ4v) is 4.27. The molecule has 7 heteroatoms. The zero-order chi connectivity index (χ0) is 19.3. The third kappa shape index (κ3) is 3.66. The topological polar surface area (TPSA) is 60.2 Å². The molecule has 6 nitrogen and oxygen atoms in total. The van der Waals surface area contributed by atoms with Gasteiger partial charge in [-0.25, -0.2) is 9.67 Å². The van der Waals surface area contributed by atoms with Crippen molar-refractivity contribution in [2.45, 2.75) is 6.42 Å². The summed E-state index contributed by atoms with van der Waals surface area (Å²) < 4.78 is 6.78. The highest BCUT2D eigenvalue weighted by atomic mass is 32.2. The van der Waals surface area contributed by atoms with E-state index in [0.29, 0.717) is 17.0 Å². The van der Waals surface area contributed by atoms with Gasteiger partial charge in [0.2, 0.25) is 5.78 Å². The molecule has 1 aliphatic rings. The Bertz CT molecular complexity index is 969. The molecule has 0 aliphatic carbocycles. The summed E-state index contributed by atoms with van der Waals surface area (Å²) >= 11 is 1.67. The van der Waals surface area contributed by atoms with Gasteiger partial charge in [0.05, 0.1) is 7.11 Å². The summed E-state index contributed by atoms with van der Waals surface area (Å²) in [6, 6.07) is 17.3. The lowest BCUT2D eigenvalue weighted by Gasteiger charge is -2.32. The molecule has 3 aromatic rings. The van der Waals surface area contributed by atoms with Gasteiger partial charge in [-0.2, -0.15) is 5.10 Å². The van der Waals surface area contributed by atoms with Gasteiger partial charge in [-0.15, -0.1) is 11.8 Å². The number of nitrogens with zero attached hydrogens (tertiary/aromatic N) is 4. The number of aromatic nitrogens is 3. The second-order valence-corrected chi connectivity index (χ2v) is 7.32. The standard InChI is InChI=1S/C21H20N4O2S/c1-27-18-10-8-16(9-11-18)20(26)19(25-15-22-14-23-25)21-24(12-5-13-28-21)17-6-3-2-4-7-17/h2-4,6-11,14-15H,5,12-13H2,1H3/b21-19-. The summed E-state index contributed by atoms with van der Waals surface area (Å²) in [7, 11) is 1.61. The van der Waals surface area contributed by atoms with Crippen LogP contribution in [0.1, 0.15) is 16.8 Å². The summed E-state index contributed by atoms with van der Waals surface area (Å²) in [6.07, 6.45) is 4.06. The first-order valence-corrected chi connectivity index (χ1v) is 10.00. The van der Waals surface area contributed by atoms with Crippen molar-refractivity contribution in [3.63, 3.8) is 0 Å². The number of rotatable bonds is 5. The maximum atomic E-state index is 13.5. The molecule has 1 fully saturated rings. The number of thioether (sulfide) groups is 1. The van der Waals surface area contributed by atoms with Crippen molar-refractivity contribution in [3.05, 3.63) is 77.8 Å². The van der Waals surface area contributed by atoms with E-state index in [2.05, 4.69) is 27.1 Å². The normalized spacial score (nSPS) is 16.0. The number of Topliss-reactive ketones (excluding diaryl/α,β-unsaturated/α-hetero) is 1. The zero-order valence-electron chi connectivity index (χ0n) is 15.5. The van der Waals surface area contributed by atoms with Crippen LogP contribution >= 0.6 is 11.8 Å². The molecule has 2 aromatic carbocycles. The molecule has 0 bridgehead atoms. The molecule has 0 N–H and O–H groups in total. The van der Waals surface area contributed by atoms with Gasteiger partial charge in [0, 0.05) is 23.5 Å². The van der Waals surface area contributed by atoms with Crippen molar-refractivity contribution in [1.82, 2.24) is 14.8 Å². The molecule has 142 valence electrons. The van der Waals surface area contributed by atoms with Gasteiger partial charge in [0.1, 0.15) is 29.1 Å². The third-order valence-corrected chi connectivity index (χ3v) is 5.68. The van der Waals surface area contributed by atoms with Crippen molar-refractivity contribution in [2.24, 2.45) is 0 Å². The molecule has 0 amide bonds. The predicted molar refractivity (Wildman–Crippen MR) is 111 cm³/mol. The van der Waals surface area contributed by atoms with Crippen LogP contribution in [0.2, 0.25) is 0 Å². The van der Waals surface area contributed by atoms with Crippen molar-refractivity contribution in [2.75, 3.05) is 24.3 Å². The van der Waals surface area contributed by atoms with E-state index in [-0.39, 0.29) is 5.78 Å². The van der Waals surface area contributed by atoms with Crippen LogP contribution in [0, 0.1) is 0 Å². The van der Waals surface area contributed by atoms with Gasteiger partial charge < -0.3 is 9.64 Å². The molecule has 28 heavy (non-hydrogen) atoms. The number of carbonyl (C=O) groups excluding carboxylic acids is 1. The van der Waals surface area contributed by atoms with Crippen LogP contribution in [-0.2, 0) is 0 Å². The van der Waals surface area contributed by atoms with Crippen molar-refractivity contribution in [3.8, 4) is 5.75 Å². The van der Waals surface area contributed by atoms with Crippen LogP contribution in [0.4, 0.5) is 5.69 Å². The summed E-state index contributed by atoms with van der Waals surface area (Å²) in [5.41, 5.74) is 2.15. The highest BCUT2D eigenvalue weighted by Gasteiger charge is 2.27. The first kappa shape index (κ1) is 18.3. The van der Waals surface area contributed by atoms with E-state index in [1.807, 2.05) is 18.2 Å². The Labute approximate surface area is 167 Å². The lowest BCUT2D eigenvalue weighted by Crippen LogP contribution is -2.30. The molecule has 0 saturated carbocycles. The summed E-state index contributed by atoms with van der Waals surface area (Å²) in [5.74, 6) is 1.56. The molecule has 2 heterocycles. The maximum absolute atomic E-state index is 13.5. The first-order chi connectivity index (χ1) is 13.8. The monoisotopic (exact) mass is 392 g/mol. The Hall–Kier alpha value is -3.06. The van der Waals surface area contributed by atoms with Crippen LogP contribution < -0.4 is 9.64 Å². The molecule has 1 saturated heterocycles. The molecule has 1 aliphatic heterocycles. The number of methoxy groups -OCH3 is 1. The summed E-state index contributed by atoms with van der Waals surface area (Å²) in [4.78, 5) is 19.7. The number of para-hydroxylation sites is 1. The second-order valence-electron chi connectivity index (χ2n) is 6.24. The molecule has 0 atom stereocenters. The molecule has 4 rings (SSSR count). The number of ketones is 1. The largest absolute Gasteiger partial charge is 0.497 e. The number of hydrogen-bond donors (Lipinski definition) is 0. The van der Waals surface area contributed by atoms with Crippen molar-refractivity contribution < 1.29 is 9.53 Å². The zero-order valence-corrected chi connectivity index (χ0v) is 16.3. The average molecular weight is 392 g/mol. The van der Waals surface area contributed by atoms with Crippen LogP contribution in [0.5, 0.6) is 5.75 Å². The van der Waals surface area contributed by atoms with Gasteiger partial charge in [0.25, 0.3) is 0 Å². The van der Waals surface area contributed by atoms with E-state index >= 15 is 0 Å². The first-order valence-electron chi connectivity index (χ1n) is 9.01. The SMILES string of the molecule is COc1ccc(C(=O)/C(=C2/SCCCN2c2ccccc2)n2cncn2)cc1. The maximum Gasteiger partial charge on any atom is 0.214 e. The fraction of sp³-hybridized carbons (Fsp3) is 0.190. The van der Waals surface area contributed by atoms with E-state index in [0.717, 1.165) is 29.4 Å². The number of ether oxygens (including phenoxy) is 1. The highest BCUT2D eigenvalue weighted by molar-refractivity contribution is 8.03. The number of anilines is 1. The fourth-order valence-electron chi connectivity index (χ4n) is 3.12. The minimum atomic E-state index is -0.0986. The quantitative estimate of drug-likeness (QED) is 0.484. The number of allylic oxidation sites excluding steroid dienone is 1. The Morgan fingerprint density at radius 1 is 1.11 bits per heavy atom. The predicted octanol–water partition coefficient (Wildman–Crippen LogP) is 3.94. The van der Waals surface area contributed by atoms with Gasteiger partial charge in [0.15, 0.2) is 0 Å². The molecule has 0 radical (unpaired) electrons. The average Bonchev–Trinajstić information content (AvgIpc) is 3.29. The number of benzene rings is 2. The molecule has 0 unspecified atom stereocenters. The lowest BCUT2D eigenvalue weighted by molar-refractivity contribution is 0.104. The van der Waals surface area contributed by atoms with Crippen molar-refractivity contribution >= 4 is 28.9 Å². The van der Waals surface area contributed by atoms with Crippen LogP contribution in [-0.4, -0.2) is 40.0 Å². The van der Waals surface area contributed by atoms with Crippen molar-refractivity contribution in [1.29, 1.82) is 0 Å². The van der Waals surface area contributed by atoms with Crippen LogP contribution in [0.3, 0.4) is 0 Å². The lowest BCUT2D eigenvalue weighted by atomic mass is 10.1. The number of hydrogen-bond acceptors (Lipinski definition) is 6. The van der Waals surface area contributed by atoms with E-state index in [4.69, 9.17) is 4.74 Å². The summed E-state index contributed by atoms with van der Waals surface area (Å²) in [5, 5.41) is 5.15. The van der Waals surface area contributed by atoms with E-state index < -0.39 is 0 Å². The molecule has 0 spiro atoms.